The summed E-state index contributed by atoms with van der Waals surface area (Å²) >= 11 is 0. The Labute approximate surface area is 190 Å². The molecule has 2 aliphatic rings. The molecule has 33 heavy (non-hydrogen) atoms. The fourth-order valence-corrected chi connectivity index (χ4v) is 5.10. The molecule has 5 rings (SSSR count). The Balaban J connectivity index is 1.29. The van der Waals surface area contributed by atoms with Crippen molar-refractivity contribution in [3.05, 3.63) is 36.8 Å². The first-order valence-corrected chi connectivity index (χ1v) is 11.3. The standard InChI is InChI=1S/C23H27F2N7O/c1-31-13-16(12-27-31)14-2-3-15-11-26-22(29-21(15)6-14)30-23(33)32-19-4-5-20(32)8-17(7-19)28-18(9-24)10-25/h2-3,6,11-13,17-20,28H,4-5,7-10H2,1H3,(H,26,29,30,33)/t17?,19-,20+. The first kappa shape index (κ1) is 21.7. The molecule has 8 nitrogen and oxygen atoms in total. The molecule has 2 aliphatic heterocycles. The summed E-state index contributed by atoms with van der Waals surface area (Å²) in [5.41, 5.74) is 2.70. The van der Waals surface area contributed by atoms with Crippen molar-refractivity contribution in [3.8, 4) is 11.1 Å². The molecule has 0 radical (unpaired) electrons. The number of fused-ring (bicyclic) bond motifs is 3. The Hall–Kier alpha value is -3.14. The number of rotatable bonds is 6. The van der Waals surface area contributed by atoms with Gasteiger partial charge in [-0.2, -0.15) is 5.10 Å². The zero-order chi connectivity index (χ0) is 22.9. The Morgan fingerprint density at radius 3 is 2.58 bits per heavy atom. The average molecular weight is 456 g/mol. The predicted octanol–water partition coefficient (Wildman–Crippen LogP) is 3.45. The van der Waals surface area contributed by atoms with Crippen molar-refractivity contribution in [1.82, 2.24) is 30.0 Å². The highest BCUT2D eigenvalue weighted by Crippen LogP contribution is 2.36. The topological polar surface area (TPSA) is 88.0 Å². The molecule has 4 heterocycles. The van der Waals surface area contributed by atoms with Gasteiger partial charge < -0.3 is 10.2 Å². The Bertz CT molecular complexity index is 1130. The predicted molar refractivity (Wildman–Crippen MR) is 121 cm³/mol. The van der Waals surface area contributed by atoms with Gasteiger partial charge in [0.05, 0.1) is 17.8 Å². The van der Waals surface area contributed by atoms with Crippen molar-refractivity contribution in [2.24, 2.45) is 7.05 Å². The third kappa shape index (κ3) is 4.39. The molecular formula is C23H27F2N7O. The van der Waals surface area contributed by atoms with E-state index in [1.165, 1.54) is 0 Å². The number of urea groups is 1. The lowest BCUT2D eigenvalue weighted by Crippen LogP contribution is -2.54. The number of carbonyl (C=O) groups is 1. The number of hydrogen-bond acceptors (Lipinski definition) is 5. The Morgan fingerprint density at radius 1 is 1.15 bits per heavy atom. The van der Waals surface area contributed by atoms with Gasteiger partial charge >= 0.3 is 6.03 Å². The van der Waals surface area contributed by atoms with E-state index in [4.69, 9.17) is 0 Å². The first-order valence-electron chi connectivity index (χ1n) is 11.3. The van der Waals surface area contributed by atoms with Crippen molar-refractivity contribution in [2.45, 2.75) is 49.9 Å². The first-order chi connectivity index (χ1) is 16.0. The highest BCUT2D eigenvalue weighted by Gasteiger charge is 2.43. The lowest BCUT2D eigenvalue weighted by atomic mass is 9.97. The van der Waals surface area contributed by atoms with E-state index in [9.17, 15) is 13.6 Å². The summed E-state index contributed by atoms with van der Waals surface area (Å²) in [6.45, 7) is -1.46. The van der Waals surface area contributed by atoms with Gasteiger partial charge in [0.1, 0.15) is 13.3 Å². The fraction of sp³-hybridized carbons (Fsp3) is 0.478. The normalized spacial score (nSPS) is 22.3. The van der Waals surface area contributed by atoms with Gasteiger partial charge in [0.25, 0.3) is 0 Å². The van der Waals surface area contributed by atoms with Crippen molar-refractivity contribution >= 4 is 22.9 Å². The maximum absolute atomic E-state index is 13.1. The molecule has 2 saturated heterocycles. The summed E-state index contributed by atoms with van der Waals surface area (Å²) in [4.78, 5) is 23.8. The number of anilines is 1. The minimum absolute atomic E-state index is 0.0193. The van der Waals surface area contributed by atoms with Gasteiger partial charge in [0, 0.05) is 48.5 Å². The summed E-state index contributed by atoms with van der Waals surface area (Å²) in [7, 11) is 1.87. The molecule has 10 heteroatoms. The molecule has 174 valence electrons. The molecule has 1 aromatic carbocycles. The van der Waals surface area contributed by atoms with Crippen molar-refractivity contribution in [3.63, 3.8) is 0 Å². The van der Waals surface area contributed by atoms with Crippen LogP contribution in [0.15, 0.2) is 36.8 Å². The van der Waals surface area contributed by atoms with Crippen LogP contribution >= 0.6 is 0 Å². The third-order valence-electron chi connectivity index (χ3n) is 6.65. The maximum Gasteiger partial charge on any atom is 0.324 e. The lowest BCUT2D eigenvalue weighted by molar-refractivity contribution is 0.133. The SMILES string of the molecule is Cn1cc(-c2ccc3cnc(NC(=O)N4[C@@H]5CC[C@H]4CC(NC(CF)CF)C5)nc3c2)cn1. The molecule has 3 aromatic rings. The van der Waals surface area contributed by atoms with Gasteiger partial charge in [-0.3, -0.25) is 10.00 Å². The monoisotopic (exact) mass is 455 g/mol. The number of aromatic nitrogens is 4. The number of nitrogens with zero attached hydrogens (tertiary/aromatic N) is 5. The van der Waals surface area contributed by atoms with Gasteiger partial charge in [0.2, 0.25) is 5.95 Å². The highest BCUT2D eigenvalue weighted by atomic mass is 19.1. The Kier molecular flexibility index (Phi) is 5.92. The number of carbonyl (C=O) groups excluding carboxylic acids is 1. The highest BCUT2D eigenvalue weighted by molar-refractivity contribution is 5.90. The quantitative estimate of drug-likeness (QED) is 0.595. The second kappa shape index (κ2) is 9.01. The van der Waals surface area contributed by atoms with Crippen LogP contribution in [0.1, 0.15) is 25.7 Å². The van der Waals surface area contributed by atoms with Crippen molar-refractivity contribution < 1.29 is 13.6 Å². The largest absolute Gasteiger partial charge is 0.324 e. The van der Waals surface area contributed by atoms with Crippen LogP contribution < -0.4 is 10.6 Å². The third-order valence-corrected chi connectivity index (χ3v) is 6.65. The zero-order valence-corrected chi connectivity index (χ0v) is 18.4. The molecule has 1 unspecified atom stereocenters. The van der Waals surface area contributed by atoms with Gasteiger partial charge in [0.15, 0.2) is 0 Å². The Morgan fingerprint density at radius 2 is 1.91 bits per heavy atom. The van der Waals surface area contributed by atoms with Crippen LogP contribution in [-0.2, 0) is 7.05 Å². The smallest absolute Gasteiger partial charge is 0.318 e. The molecule has 0 saturated carbocycles. The molecule has 2 bridgehead atoms. The van der Waals surface area contributed by atoms with Crippen LogP contribution in [0.5, 0.6) is 0 Å². The van der Waals surface area contributed by atoms with Crippen LogP contribution in [0.25, 0.3) is 22.0 Å². The van der Waals surface area contributed by atoms with Gasteiger partial charge in [-0.15, -0.1) is 0 Å². The summed E-state index contributed by atoms with van der Waals surface area (Å²) in [5.74, 6) is 0.255. The van der Waals surface area contributed by atoms with Crippen LogP contribution in [0.2, 0.25) is 0 Å². The van der Waals surface area contributed by atoms with Crippen LogP contribution in [-0.4, -0.2) is 68.2 Å². The molecule has 2 amide bonds. The van der Waals surface area contributed by atoms with Crippen molar-refractivity contribution in [1.29, 1.82) is 0 Å². The van der Waals surface area contributed by atoms with Gasteiger partial charge in [-0.1, -0.05) is 12.1 Å². The molecule has 3 atom stereocenters. The molecule has 0 aliphatic carbocycles. The number of alkyl halides is 2. The number of hydrogen-bond donors (Lipinski definition) is 2. The van der Waals surface area contributed by atoms with E-state index in [0.29, 0.717) is 12.8 Å². The number of benzene rings is 1. The maximum atomic E-state index is 13.1. The number of piperidine rings is 1. The fourth-order valence-electron chi connectivity index (χ4n) is 5.10. The molecule has 2 N–H and O–H groups in total. The van der Waals surface area contributed by atoms with Gasteiger partial charge in [-0.25, -0.2) is 23.5 Å². The molecular weight excluding hydrogens is 428 g/mol. The second-order valence-corrected chi connectivity index (χ2v) is 8.93. The van der Waals surface area contributed by atoms with Crippen LogP contribution in [0.3, 0.4) is 0 Å². The molecule has 0 spiro atoms. The summed E-state index contributed by atoms with van der Waals surface area (Å²) in [6.07, 6.45) is 8.58. The summed E-state index contributed by atoms with van der Waals surface area (Å²) < 4.78 is 27.6. The van der Waals surface area contributed by atoms with E-state index < -0.39 is 19.4 Å². The average Bonchev–Trinajstić information content (AvgIpc) is 3.37. The van der Waals surface area contributed by atoms with E-state index in [1.807, 2.05) is 36.3 Å². The number of amides is 2. The number of aryl methyl sites for hydroxylation is 1. The van der Waals surface area contributed by atoms with E-state index in [-0.39, 0.29) is 30.1 Å². The summed E-state index contributed by atoms with van der Waals surface area (Å²) in [6, 6.07) is 5.00. The molecule has 2 aromatic heterocycles. The molecule has 2 fully saturated rings. The lowest BCUT2D eigenvalue weighted by Gasteiger charge is -2.39. The summed E-state index contributed by atoms with van der Waals surface area (Å²) in [5, 5.41) is 11.0. The number of nitrogens with one attached hydrogen (secondary N) is 2. The van der Waals surface area contributed by atoms with E-state index >= 15 is 0 Å². The van der Waals surface area contributed by atoms with Crippen LogP contribution in [0.4, 0.5) is 19.5 Å². The number of halogens is 2. The van der Waals surface area contributed by atoms with E-state index in [1.54, 1.807) is 17.1 Å². The minimum atomic E-state index is -0.766. The second-order valence-electron chi connectivity index (χ2n) is 8.93. The van der Waals surface area contributed by atoms with E-state index in [0.717, 1.165) is 34.9 Å². The zero-order valence-electron chi connectivity index (χ0n) is 18.4. The van der Waals surface area contributed by atoms with E-state index in [2.05, 4.69) is 25.7 Å². The van der Waals surface area contributed by atoms with Crippen LogP contribution in [0, 0.1) is 0 Å². The van der Waals surface area contributed by atoms with Crippen molar-refractivity contribution in [2.75, 3.05) is 18.7 Å². The van der Waals surface area contributed by atoms with Gasteiger partial charge in [-0.05, 0) is 37.3 Å². The minimum Gasteiger partial charge on any atom is -0.318 e.